The molecule has 1 aromatic rings. The highest BCUT2D eigenvalue weighted by Gasteiger charge is 2.32. The molecule has 1 fully saturated rings. The van der Waals surface area contributed by atoms with E-state index in [9.17, 15) is 0 Å². The summed E-state index contributed by atoms with van der Waals surface area (Å²) < 4.78 is 5.31. The summed E-state index contributed by atoms with van der Waals surface area (Å²) in [6, 6.07) is 8.08. The molecule has 1 aromatic carbocycles. The summed E-state index contributed by atoms with van der Waals surface area (Å²) in [5, 5.41) is 0.801. The van der Waals surface area contributed by atoms with Gasteiger partial charge in [-0.05, 0) is 24.1 Å². The van der Waals surface area contributed by atoms with Gasteiger partial charge in [-0.2, -0.15) is 0 Å². The quantitative estimate of drug-likeness (QED) is 0.677. The minimum absolute atomic E-state index is 0.450. The molecule has 1 heterocycles. The highest BCUT2D eigenvalue weighted by molar-refractivity contribution is 6.30. The van der Waals surface area contributed by atoms with Crippen LogP contribution >= 0.6 is 11.6 Å². The molecule has 2 heteroatoms. The number of halogens is 1. The van der Waals surface area contributed by atoms with Crippen LogP contribution in [-0.4, -0.2) is 12.7 Å². The van der Waals surface area contributed by atoms with Crippen LogP contribution in [0.5, 0.6) is 0 Å². The Hall–Kier alpha value is -0.530. The fraction of sp³-hybridized carbons (Fsp3) is 0.455. The summed E-state index contributed by atoms with van der Waals surface area (Å²) in [5.74, 6) is 0.553. The molecule has 0 amide bonds. The first-order valence-corrected chi connectivity index (χ1v) is 5.06. The Balaban J connectivity index is 2.17. The van der Waals surface area contributed by atoms with E-state index in [0.29, 0.717) is 12.0 Å². The zero-order valence-corrected chi connectivity index (χ0v) is 8.42. The van der Waals surface area contributed by atoms with Gasteiger partial charge < -0.3 is 4.74 Å². The van der Waals surface area contributed by atoms with Gasteiger partial charge >= 0.3 is 0 Å². The van der Waals surface area contributed by atoms with Crippen LogP contribution in [0.4, 0.5) is 0 Å². The van der Waals surface area contributed by atoms with Gasteiger partial charge in [-0.3, -0.25) is 0 Å². The van der Waals surface area contributed by atoms with Gasteiger partial charge in [-0.15, -0.1) is 0 Å². The third-order valence-corrected chi connectivity index (χ3v) is 2.80. The van der Waals surface area contributed by atoms with Crippen molar-refractivity contribution in [2.75, 3.05) is 6.61 Å². The van der Waals surface area contributed by atoms with Crippen LogP contribution in [0.1, 0.15) is 24.8 Å². The highest BCUT2D eigenvalue weighted by atomic mass is 35.5. The molecule has 1 aliphatic heterocycles. The lowest BCUT2D eigenvalue weighted by Crippen LogP contribution is -2.04. The zero-order valence-electron chi connectivity index (χ0n) is 7.66. The Labute approximate surface area is 83.7 Å². The molecule has 2 unspecified atom stereocenters. The summed E-state index contributed by atoms with van der Waals surface area (Å²) in [5.41, 5.74) is 1.34. The van der Waals surface area contributed by atoms with Gasteiger partial charge in [0.2, 0.25) is 0 Å². The Morgan fingerprint density at radius 2 is 2.08 bits per heavy atom. The van der Waals surface area contributed by atoms with Crippen molar-refractivity contribution in [2.45, 2.75) is 25.4 Å². The summed E-state index contributed by atoms with van der Waals surface area (Å²) >= 11 is 5.82. The van der Waals surface area contributed by atoms with Crippen LogP contribution in [-0.2, 0) is 4.74 Å². The zero-order chi connectivity index (χ0) is 9.26. The topological polar surface area (TPSA) is 12.5 Å². The number of hydrogen-bond donors (Lipinski definition) is 0. The summed E-state index contributed by atoms with van der Waals surface area (Å²) in [6.07, 6.45) is 1.58. The van der Waals surface area contributed by atoms with Crippen LogP contribution in [0.3, 0.4) is 0 Å². The van der Waals surface area contributed by atoms with E-state index < -0.39 is 0 Å². The average Bonchev–Trinajstić information content (AvgIpc) is 2.93. The third kappa shape index (κ3) is 2.04. The Kier molecular flexibility index (Phi) is 2.56. The lowest BCUT2D eigenvalue weighted by molar-refractivity contribution is 0.369. The molecule has 0 spiro atoms. The second-order valence-electron chi connectivity index (χ2n) is 3.44. The van der Waals surface area contributed by atoms with Crippen molar-refractivity contribution in [2.24, 2.45) is 0 Å². The first-order valence-electron chi connectivity index (χ1n) is 4.68. The number of epoxide rings is 1. The SMILES string of the molecule is CCC(c1ccc(Cl)cc1)C1CO1. The van der Waals surface area contributed by atoms with Gasteiger partial charge in [0.25, 0.3) is 0 Å². The molecule has 2 rings (SSSR count). The van der Waals surface area contributed by atoms with Crippen LogP contribution in [0.25, 0.3) is 0 Å². The molecule has 1 saturated heterocycles. The lowest BCUT2D eigenvalue weighted by Gasteiger charge is -2.11. The molecule has 70 valence electrons. The third-order valence-electron chi connectivity index (χ3n) is 2.55. The van der Waals surface area contributed by atoms with Crippen molar-refractivity contribution in [3.63, 3.8) is 0 Å². The van der Waals surface area contributed by atoms with Crippen molar-refractivity contribution in [3.8, 4) is 0 Å². The van der Waals surface area contributed by atoms with Crippen molar-refractivity contribution in [1.82, 2.24) is 0 Å². The normalized spacial score (nSPS) is 22.8. The first kappa shape index (κ1) is 9.04. The van der Waals surface area contributed by atoms with Crippen molar-refractivity contribution in [1.29, 1.82) is 0 Å². The van der Waals surface area contributed by atoms with E-state index in [1.54, 1.807) is 0 Å². The largest absolute Gasteiger partial charge is 0.372 e. The monoisotopic (exact) mass is 196 g/mol. The van der Waals surface area contributed by atoms with E-state index in [2.05, 4.69) is 19.1 Å². The summed E-state index contributed by atoms with van der Waals surface area (Å²) in [7, 11) is 0. The minimum Gasteiger partial charge on any atom is -0.372 e. The Bertz CT molecular complexity index is 277. The van der Waals surface area contributed by atoms with Gasteiger partial charge in [-0.1, -0.05) is 30.7 Å². The Morgan fingerprint density at radius 1 is 1.46 bits per heavy atom. The van der Waals surface area contributed by atoms with Gasteiger partial charge in [0.15, 0.2) is 0 Å². The van der Waals surface area contributed by atoms with E-state index in [-0.39, 0.29) is 0 Å². The molecule has 0 N–H and O–H groups in total. The van der Waals surface area contributed by atoms with Gasteiger partial charge in [0.05, 0.1) is 12.7 Å². The van der Waals surface area contributed by atoms with Crippen molar-refractivity contribution >= 4 is 11.6 Å². The maximum absolute atomic E-state index is 5.82. The van der Waals surface area contributed by atoms with Gasteiger partial charge in [0.1, 0.15) is 0 Å². The molecular weight excluding hydrogens is 184 g/mol. The predicted octanol–water partition coefficient (Wildman–Crippen LogP) is 3.23. The van der Waals surface area contributed by atoms with E-state index in [1.807, 2.05) is 12.1 Å². The standard InChI is InChI=1S/C11H13ClO/c1-2-10(11-7-13-11)8-3-5-9(12)6-4-8/h3-6,10-11H,2,7H2,1H3. The number of hydrogen-bond acceptors (Lipinski definition) is 1. The molecule has 0 bridgehead atoms. The van der Waals surface area contributed by atoms with E-state index >= 15 is 0 Å². The van der Waals surface area contributed by atoms with Crippen LogP contribution < -0.4 is 0 Å². The highest BCUT2D eigenvalue weighted by Crippen LogP contribution is 2.32. The van der Waals surface area contributed by atoms with Crippen LogP contribution in [0.15, 0.2) is 24.3 Å². The molecule has 0 aliphatic carbocycles. The van der Waals surface area contributed by atoms with Crippen molar-refractivity contribution in [3.05, 3.63) is 34.9 Å². The fourth-order valence-corrected chi connectivity index (χ4v) is 1.84. The Morgan fingerprint density at radius 3 is 2.54 bits per heavy atom. The predicted molar refractivity (Wildman–Crippen MR) is 54.2 cm³/mol. The molecular formula is C11H13ClO. The number of ether oxygens (including phenoxy) is 1. The maximum Gasteiger partial charge on any atom is 0.0878 e. The van der Waals surface area contributed by atoms with Crippen LogP contribution in [0, 0.1) is 0 Å². The second kappa shape index (κ2) is 3.69. The maximum atomic E-state index is 5.82. The smallest absolute Gasteiger partial charge is 0.0878 e. The summed E-state index contributed by atoms with van der Waals surface area (Å²) in [6.45, 7) is 3.11. The van der Waals surface area contributed by atoms with E-state index in [0.717, 1.165) is 18.1 Å². The molecule has 2 atom stereocenters. The average molecular weight is 197 g/mol. The fourth-order valence-electron chi connectivity index (χ4n) is 1.71. The molecule has 0 aromatic heterocycles. The lowest BCUT2D eigenvalue weighted by atomic mass is 9.94. The van der Waals surface area contributed by atoms with E-state index in [4.69, 9.17) is 16.3 Å². The molecule has 13 heavy (non-hydrogen) atoms. The molecule has 1 aliphatic rings. The number of rotatable bonds is 3. The molecule has 1 nitrogen and oxygen atoms in total. The van der Waals surface area contributed by atoms with Crippen LogP contribution in [0.2, 0.25) is 5.02 Å². The van der Waals surface area contributed by atoms with Crippen molar-refractivity contribution < 1.29 is 4.74 Å². The molecule has 0 radical (unpaired) electrons. The second-order valence-corrected chi connectivity index (χ2v) is 3.87. The van der Waals surface area contributed by atoms with Gasteiger partial charge in [-0.25, -0.2) is 0 Å². The first-order chi connectivity index (χ1) is 6.31. The molecule has 0 saturated carbocycles. The summed E-state index contributed by atoms with van der Waals surface area (Å²) in [4.78, 5) is 0. The van der Waals surface area contributed by atoms with E-state index in [1.165, 1.54) is 5.56 Å². The number of benzene rings is 1. The minimum atomic E-state index is 0.450. The van der Waals surface area contributed by atoms with Gasteiger partial charge in [0, 0.05) is 10.9 Å².